The van der Waals surface area contributed by atoms with Crippen LogP contribution in [-0.4, -0.2) is 27.4 Å². The Balaban J connectivity index is 3.31. The molecule has 82 valence electrons. The molecule has 0 radical (unpaired) electrons. The first kappa shape index (κ1) is 12.2. The van der Waals surface area contributed by atoms with Gasteiger partial charge in [-0.3, -0.25) is 0 Å². The average Bonchev–Trinajstić information content (AvgIpc) is 2.31. The third kappa shape index (κ3) is 2.59. The van der Waals surface area contributed by atoms with Gasteiger partial charge < -0.3 is 4.43 Å². The van der Waals surface area contributed by atoms with Gasteiger partial charge in [-0.05, 0) is 6.92 Å². The van der Waals surface area contributed by atoms with Gasteiger partial charge in [0.1, 0.15) is 0 Å². The van der Waals surface area contributed by atoms with Crippen molar-refractivity contribution in [1.29, 1.82) is 0 Å². The van der Waals surface area contributed by atoms with Crippen LogP contribution in [0.5, 0.6) is 0 Å². The van der Waals surface area contributed by atoms with E-state index in [2.05, 4.69) is 9.32 Å². The van der Waals surface area contributed by atoms with E-state index in [9.17, 15) is 9.59 Å². The van der Waals surface area contributed by atoms with Crippen molar-refractivity contribution in [3.05, 3.63) is 30.3 Å². The Morgan fingerprint density at radius 2 is 1.75 bits per heavy atom. The molecular weight excluding hydrogens is 224 g/mol. The van der Waals surface area contributed by atoms with Gasteiger partial charge in [0.05, 0.1) is 0 Å². The molecule has 0 aliphatic heterocycles. The van der Waals surface area contributed by atoms with Gasteiger partial charge in [0, 0.05) is 11.8 Å². The smallest absolute Gasteiger partial charge is 0.377 e. The van der Waals surface area contributed by atoms with E-state index in [0.29, 0.717) is 11.8 Å². The maximum absolute atomic E-state index is 10.4. The highest BCUT2D eigenvalue weighted by Crippen LogP contribution is 2.08. The van der Waals surface area contributed by atoms with Crippen LogP contribution in [0.25, 0.3) is 0 Å². The molecule has 16 heavy (non-hydrogen) atoms. The van der Waals surface area contributed by atoms with Crippen LogP contribution >= 0.6 is 0 Å². The maximum atomic E-state index is 10.4. The summed E-state index contributed by atoms with van der Waals surface area (Å²) in [5, 5.41) is 0.614. The molecule has 0 amide bonds. The highest BCUT2D eigenvalue weighted by Gasteiger charge is 2.40. The van der Waals surface area contributed by atoms with E-state index < -0.39 is 8.64 Å². The van der Waals surface area contributed by atoms with Gasteiger partial charge in [0.15, 0.2) is 0 Å². The van der Waals surface area contributed by atoms with Crippen molar-refractivity contribution >= 4 is 26.0 Å². The van der Waals surface area contributed by atoms with Crippen molar-refractivity contribution in [3.63, 3.8) is 0 Å². The zero-order valence-corrected chi connectivity index (χ0v) is 9.71. The van der Waals surface area contributed by atoms with E-state index in [0.717, 1.165) is 0 Å². The normalized spacial score (nSPS) is 13.1. The minimum Gasteiger partial charge on any atom is -0.377 e. The quantitative estimate of drug-likeness (QED) is 0.424. The molecule has 1 aromatic carbocycles. The molecule has 0 N–H and O–H groups in total. The molecule has 6 heteroatoms. The van der Waals surface area contributed by atoms with Crippen molar-refractivity contribution in [2.75, 3.05) is 6.61 Å². The van der Waals surface area contributed by atoms with Crippen molar-refractivity contribution in [2.45, 2.75) is 6.92 Å². The van der Waals surface area contributed by atoms with Gasteiger partial charge in [-0.15, -0.1) is 0 Å². The standard InChI is InChI=1S/C10H10N2O3Si/c1-2-15-16(11-8-13,12-9-14)10-6-4-3-5-7-10/h3-7H,2H2,1H3. The molecule has 0 atom stereocenters. The number of isocyanates is 2. The number of carbonyl (C=O) groups excluding carboxylic acids is 2. The summed E-state index contributed by atoms with van der Waals surface area (Å²) >= 11 is 0. The monoisotopic (exact) mass is 234 g/mol. The summed E-state index contributed by atoms with van der Waals surface area (Å²) in [4.78, 5) is 20.8. The molecule has 0 spiro atoms. The van der Waals surface area contributed by atoms with Crippen molar-refractivity contribution in [2.24, 2.45) is 9.32 Å². The van der Waals surface area contributed by atoms with Gasteiger partial charge in [-0.25, -0.2) is 9.59 Å². The summed E-state index contributed by atoms with van der Waals surface area (Å²) < 4.78 is 12.6. The molecule has 0 aliphatic carbocycles. The first-order valence-electron chi connectivity index (χ1n) is 4.66. The van der Waals surface area contributed by atoms with Gasteiger partial charge >= 0.3 is 8.64 Å². The van der Waals surface area contributed by atoms with E-state index in [-0.39, 0.29) is 0 Å². The Morgan fingerprint density at radius 1 is 1.19 bits per heavy atom. The molecule has 1 rings (SSSR count). The van der Waals surface area contributed by atoms with Crippen LogP contribution in [0.1, 0.15) is 6.92 Å². The fourth-order valence-corrected chi connectivity index (χ4v) is 3.16. The lowest BCUT2D eigenvalue weighted by molar-refractivity contribution is 0.331. The summed E-state index contributed by atoms with van der Waals surface area (Å²) in [6.07, 6.45) is 2.83. The van der Waals surface area contributed by atoms with Crippen LogP contribution in [0, 0.1) is 0 Å². The van der Waals surface area contributed by atoms with Gasteiger partial charge in [-0.1, -0.05) is 30.3 Å². The molecule has 0 unspecified atom stereocenters. The molecule has 0 saturated heterocycles. The zero-order chi connectivity index (χ0) is 11.9. The lowest BCUT2D eigenvalue weighted by atomic mass is 10.4. The fraction of sp³-hybridized carbons (Fsp3) is 0.200. The van der Waals surface area contributed by atoms with Crippen LogP contribution in [0.3, 0.4) is 0 Å². The highest BCUT2D eigenvalue weighted by molar-refractivity contribution is 6.84. The molecule has 0 bridgehead atoms. The highest BCUT2D eigenvalue weighted by atomic mass is 28.4. The number of hydrogen-bond donors (Lipinski definition) is 0. The third-order valence-corrected chi connectivity index (χ3v) is 4.46. The summed E-state index contributed by atoms with van der Waals surface area (Å²) in [5.41, 5.74) is 0. The van der Waals surface area contributed by atoms with E-state index in [1.165, 1.54) is 12.2 Å². The first-order chi connectivity index (χ1) is 7.79. The minimum atomic E-state index is -3.27. The Hall–Kier alpha value is -1.84. The number of hydrogen-bond acceptors (Lipinski definition) is 5. The lowest BCUT2D eigenvalue weighted by Gasteiger charge is -2.17. The summed E-state index contributed by atoms with van der Waals surface area (Å²) in [7, 11) is -3.27. The van der Waals surface area contributed by atoms with E-state index in [1.54, 1.807) is 31.2 Å². The van der Waals surface area contributed by atoms with Crippen LogP contribution in [0.2, 0.25) is 0 Å². The maximum Gasteiger partial charge on any atom is 0.512 e. The molecule has 1 aromatic rings. The number of benzene rings is 1. The Bertz CT molecular complexity index is 419. The van der Waals surface area contributed by atoms with Gasteiger partial charge in [0.25, 0.3) is 0 Å². The Kier molecular flexibility index (Phi) is 4.51. The number of nitrogens with zero attached hydrogens (tertiary/aromatic N) is 2. The molecule has 5 nitrogen and oxygen atoms in total. The predicted molar refractivity (Wildman–Crippen MR) is 59.7 cm³/mol. The number of rotatable bonds is 5. The van der Waals surface area contributed by atoms with Gasteiger partial charge in [-0.2, -0.15) is 9.32 Å². The SMILES string of the molecule is CCO[Si](N=C=O)(N=C=O)c1ccccc1. The molecular formula is C10H10N2O3Si. The summed E-state index contributed by atoms with van der Waals surface area (Å²) in [6.45, 7) is 2.04. The van der Waals surface area contributed by atoms with Crippen LogP contribution < -0.4 is 5.19 Å². The van der Waals surface area contributed by atoms with Crippen molar-refractivity contribution in [3.8, 4) is 0 Å². The predicted octanol–water partition coefficient (Wildman–Crippen LogP) is 0.541. The second-order valence-electron chi connectivity index (χ2n) is 2.81. The molecule has 0 fully saturated rings. The zero-order valence-electron chi connectivity index (χ0n) is 8.71. The Morgan fingerprint density at radius 3 is 2.19 bits per heavy atom. The first-order valence-corrected chi connectivity index (χ1v) is 6.47. The van der Waals surface area contributed by atoms with Crippen LogP contribution in [-0.2, 0) is 14.0 Å². The molecule has 0 saturated carbocycles. The summed E-state index contributed by atoms with van der Waals surface area (Å²) in [5.74, 6) is 0. The topological polar surface area (TPSA) is 68.1 Å². The average molecular weight is 234 g/mol. The van der Waals surface area contributed by atoms with E-state index in [4.69, 9.17) is 4.43 Å². The van der Waals surface area contributed by atoms with Crippen molar-refractivity contribution < 1.29 is 14.0 Å². The van der Waals surface area contributed by atoms with E-state index in [1.807, 2.05) is 6.07 Å². The molecule has 0 aromatic heterocycles. The largest absolute Gasteiger partial charge is 0.512 e. The Labute approximate surface area is 93.8 Å². The van der Waals surface area contributed by atoms with Crippen LogP contribution in [0.15, 0.2) is 39.6 Å². The second kappa shape index (κ2) is 5.90. The minimum absolute atomic E-state index is 0.303. The molecule has 0 heterocycles. The third-order valence-electron chi connectivity index (χ3n) is 1.89. The fourth-order valence-electron chi connectivity index (χ4n) is 1.28. The lowest BCUT2D eigenvalue weighted by Crippen LogP contribution is -2.48. The molecule has 0 aliphatic rings. The van der Waals surface area contributed by atoms with Gasteiger partial charge in [0.2, 0.25) is 12.2 Å². The van der Waals surface area contributed by atoms with Crippen molar-refractivity contribution in [1.82, 2.24) is 0 Å². The second-order valence-corrected chi connectivity index (χ2v) is 5.34. The summed E-state index contributed by atoms with van der Waals surface area (Å²) in [6, 6.07) is 8.75. The van der Waals surface area contributed by atoms with Crippen LogP contribution in [0.4, 0.5) is 0 Å². The van der Waals surface area contributed by atoms with E-state index >= 15 is 0 Å².